The van der Waals surface area contributed by atoms with Crippen LogP contribution in [0, 0.1) is 0 Å². The molecule has 0 aromatic rings. The Labute approximate surface area is 48.9 Å². The summed E-state index contributed by atoms with van der Waals surface area (Å²) in [6.45, 7) is 0. The van der Waals surface area contributed by atoms with Crippen LogP contribution in [0.3, 0.4) is 0 Å². The van der Waals surface area contributed by atoms with E-state index in [0.717, 1.165) is 0 Å². The average Bonchev–Trinajstić information content (AvgIpc) is 0.918. The van der Waals surface area contributed by atoms with E-state index in [-0.39, 0.29) is 39.1 Å². The summed E-state index contributed by atoms with van der Waals surface area (Å²) in [6.07, 6.45) is 0. The van der Waals surface area contributed by atoms with Crippen LogP contribution in [0.15, 0.2) is 0 Å². The van der Waals surface area contributed by atoms with Crippen LogP contribution in [0.5, 0.6) is 0 Å². The molecular formula is C2H9AsSn. The Kier molecular flexibility index (Phi) is 19.9. The van der Waals surface area contributed by atoms with Gasteiger partial charge in [-0.05, 0) is 0 Å². The molecule has 26 valence electrons. The van der Waals surface area contributed by atoms with Gasteiger partial charge in [0.2, 0.25) is 0 Å². The Bertz CT molecular complexity index is 6.00. The summed E-state index contributed by atoms with van der Waals surface area (Å²) in [7, 11) is 0. The molecule has 2 radical (unpaired) electrons. The van der Waals surface area contributed by atoms with Gasteiger partial charge in [-0.2, -0.15) is 0 Å². The van der Waals surface area contributed by atoms with E-state index in [4.69, 9.17) is 0 Å². The topological polar surface area (TPSA) is 0 Å². The first-order valence-electron chi connectivity index (χ1n) is 1.00. The van der Waals surface area contributed by atoms with Crippen LogP contribution in [-0.4, -0.2) is 39.1 Å². The van der Waals surface area contributed by atoms with Crippen molar-refractivity contribution >= 4 is 39.1 Å². The number of rotatable bonds is 0. The van der Waals surface area contributed by atoms with Gasteiger partial charge in [0.05, 0.1) is 0 Å². The summed E-state index contributed by atoms with van der Waals surface area (Å²) in [5.74, 6) is 0. The van der Waals surface area contributed by atoms with E-state index in [9.17, 15) is 0 Å². The molecule has 4 heavy (non-hydrogen) atoms. The van der Waals surface area contributed by atoms with Crippen LogP contribution in [0.4, 0.5) is 0 Å². The Morgan fingerprint density at radius 1 is 1.25 bits per heavy atom. The standard InChI is InChI=1S/2CH3.AsH3.Sn/h3*1H3;. The second-order valence-corrected chi connectivity index (χ2v) is 3.35. The monoisotopic (exact) mass is 228 g/mol. The predicted molar refractivity (Wildman–Crippen MR) is 27.4 cm³/mol. The second kappa shape index (κ2) is 8.84. The van der Waals surface area contributed by atoms with Gasteiger partial charge in [0.15, 0.2) is 0 Å². The van der Waals surface area contributed by atoms with Gasteiger partial charge >= 0.3 is 49.0 Å². The fourth-order valence-electron chi connectivity index (χ4n) is 0. The van der Waals surface area contributed by atoms with Crippen molar-refractivity contribution in [2.24, 2.45) is 0 Å². The molecule has 0 aliphatic heterocycles. The summed E-state index contributed by atoms with van der Waals surface area (Å²) in [4.78, 5) is 4.59. The Balaban J connectivity index is 0. The van der Waals surface area contributed by atoms with E-state index in [1.807, 2.05) is 0 Å². The van der Waals surface area contributed by atoms with Crippen LogP contribution in [0.1, 0.15) is 0 Å². The molecule has 0 rings (SSSR count). The van der Waals surface area contributed by atoms with E-state index in [1.165, 1.54) is 0 Å². The summed E-state index contributed by atoms with van der Waals surface area (Å²) in [5.41, 5.74) is 0. The molecule has 0 fully saturated rings. The van der Waals surface area contributed by atoms with Gasteiger partial charge in [-0.1, -0.05) is 0 Å². The van der Waals surface area contributed by atoms with Crippen molar-refractivity contribution in [2.45, 2.75) is 9.88 Å². The molecule has 1 unspecified atom stereocenters. The second-order valence-electron chi connectivity index (χ2n) is 0.500. The third-order valence-corrected chi connectivity index (χ3v) is 0. The van der Waals surface area contributed by atoms with Crippen molar-refractivity contribution in [3.05, 3.63) is 0 Å². The molecule has 0 saturated heterocycles. The normalized spacial score (nSPS) is 4.50. The van der Waals surface area contributed by atoms with Crippen molar-refractivity contribution in [2.75, 3.05) is 0 Å². The van der Waals surface area contributed by atoms with Crippen molar-refractivity contribution in [1.82, 2.24) is 0 Å². The molecule has 0 aliphatic rings. The molecule has 0 spiro atoms. The minimum atomic E-state index is 0. The maximum absolute atomic E-state index is 2.30. The van der Waals surface area contributed by atoms with Gasteiger partial charge in [-0.15, -0.1) is 0 Å². The van der Waals surface area contributed by atoms with Crippen LogP contribution in [0.2, 0.25) is 9.88 Å². The molecule has 0 amide bonds. The van der Waals surface area contributed by atoms with Crippen LogP contribution >= 0.6 is 0 Å². The Morgan fingerprint density at radius 2 is 1.25 bits per heavy atom. The fourth-order valence-corrected chi connectivity index (χ4v) is 0. The zero-order valence-electron chi connectivity index (χ0n) is 3.21. The first-order valence-corrected chi connectivity index (χ1v) is 6.71. The van der Waals surface area contributed by atoms with Gasteiger partial charge < -0.3 is 0 Å². The fraction of sp³-hybridized carbons (Fsp3) is 1.00. The first-order chi connectivity index (χ1) is 1.41. The zero-order valence-corrected chi connectivity index (χ0v) is 9.03. The van der Waals surface area contributed by atoms with Crippen molar-refractivity contribution < 1.29 is 0 Å². The molecular weight excluding hydrogens is 218 g/mol. The molecule has 0 heterocycles. The summed E-state index contributed by atoms with van der Waals surface area (Å²) >= 11 is 0.230. The third-order valence-electron chi connectivity index (χ3n) is 0. The molecule has 0 aromatic heterocycles. The first kappa shape index (κ1) is 9.02. The van der Waals surface area contributed by atoms with Gasteiger partial charge in [0.25, 0.3) is 0 Å². The molecule has 1 atom stereocenters. The molecule has 0 N–H and O–H groups in total. The van der Waals surface area contributed by atoms with Crippen molar-refractivity contribution in [3.8, 4) is 0 Å². The average molecular weight is 227 g/mol. The van der Waals surface area contributed by atoms with E-state index in [2.05, 4.69) is 9.88 Å². The van der Waals surface area contributed by atoms with Crippen LogP contribution in [-0.2, 0) is 0 Å². The van der Waals surface area contributed by atoms with E-state index >= 15 is 0 Å². The Hall–Kier alpha value is 1.36. The summed E-state index contributed by atoms with van der Waals surface area (Å²) < 4.78 is 0. The van der Waals surface area contributed by atoms with Crippen LogP contribution in [0.25, 0.3) is 0 Å². The van der Waals surface area contributed by atoms with Gasteiger partial charge in [0.1, 0.15) is 0 Å². The maximum atomic E-state index is 2.30. The molecule has 0 bridgehead atoms. The molecule has 0 saturated carbocycles. The van der Waals surface area contributed by atoms with Crippen LogP contribution < -0.4 is 0 Å². The molecule has 0 nitrogen and oxygen atoms in total. The van der Waals surface area contributed by atoms with Crippen molar-refractivity contribution in [1.29, 1.82) is 0 Å². The number of hydrogen-bond donors (Lipinski definition) is 0. The quantitative estimate of drug-likeness (QED) is 0.494. The van der Waals surface area contributed by atoms with Gasteiger partial charge in [0, 0.05) is 0 Å². The predicted octanol–water partition coefficient (Wildman–Crippen LogP) is -0.397. The minimum absolute atomic E-state index is 0. The van der Waals surface area contributed by atoms with E-state index < -0.39 is 0 Å². The number of hydrogen-bond acceptors (Lipinski definition) is 0. The van der Waals surface area contributed by atoms with Gasteiger partial charge in [-0.3, -0.25) is 0 Å². The summed E-state index contributed by atoms with van der Waals surface area (Å²) in [5, 5.41) is 0. The van der Waals surface area contributed by atoms with Gasteiger partial charge in [-0.25, -0.2) is 0 Å². The Morgan fingerprint density at radius 3 is 1.25 bits per heavy atom. The van der Waals surface area contributed by atoms with E-state index in [1.54, 1.807) is 0 Å². The van der Waals surface area contributed by atoms with E-state index in [0.29, 0.717) is 0 Å². The molecule has 0 aliphatic carbocycles. The molecule has 2 heteroatoms. The summed E-state index contributed by atoms with van der Waals surface area (Å²) in [6, 6.07) is 0. The molecule has 0 aromatic carbocycles. The van der Waals surface area contributed by atoms with Crippen molar-refractivity contribution in [3.63, 3.8) is 0 Å². The third kappa shape index (κ3) is 10.1. The SMILES string of the molecule is [AsH3].[CH3][Sn][CH3]. The zero-order chi connectivity index (χ0) is 2.71.